The van der Waals surface area contributed by atoms with Crippen LogP contribution < -0.4 is 20.1 Å². The van der Waals surface area contributed by atoms with Gasteiger partial charge in [0.25, 0.3) is 15.9 Å². The summed E-state index contributed by atoms with van der Waals surface area (Å²) in [6, 6.07) is 16.7. The van der Waals surface area contributed by atoms with E-state index in [1.54, 1.807) is 12.1 Å². The van der Waals surface area contributed by atoms with Crippen molar-refractivity contribution in [3.63, 3.8) is 0 Å². The number of nitrogens with two attached hydrogens (primary N) is 1. The van der Waals surface area contributed by atoms with E-state index in [4.69, 9.17) is 10.5 Å². The Morgan fingerprint density at radius 2 is 1.62 bits per heavy atom. The molecular formula is C22H20FN3O5S. The number of hydrogen-bond donors (Lipinski definition) is 2. The lowest BCUT2D eigenvalue weighted by atomic mass is 10.1. The van der Waals surface area contributed by atoms with Crippen LogP contribution in [0.2, 0.25) is 0 Å². The molecule has 0 aliphatic carbocycles. The van der Waals surface area contributed by atoms with E-state index in [1.807, 2.05) is 0 Å². The minimum atomic E-state index is -4.33. The Morgan fingerprint density at radius 3 is 2.25 bits per heavy atom. The number of carbonyl (C=O) groups is 2. The van der Waals surface area contributed by atoms with Crippen molar-refractivity contribution in [2.45, 2.75) is 4.90 Å². The third kappa shape index (κ3) is 4.86. The molecule has 0 saturated heterocycles. The van der Waals surface area contributed by atoms with Gasteiger partial charge < -0.3 is 15.8 Å². The van der Waals surface area contributed by atoms with Crippen molar-refractivity contribution in [3.05, 3.63) is 84.2 Å². The van der Waals surface area contributed by atoms with E-state index in [0.717, 1.165) is 6.07 Å². The van der Waals surface area contributed by atoms with Crippen molar-refractivity contribution in [2.24, 2.45) is 5.73 Å². The second-order valence-corrected chi connectivity index (χ2v) is 8.46. The number of rotatable bonds is 8. The first-order valence-corrected chi connectivity index (χ1v) is 10.8. The number of carbonyl (C=O) groups excluding carboxylic acids is 2. The van der Waals surface area contributed by atoms with Crippen LogP contribution in [0.15, 0.2) is 77.7 Å². The Labute approximate surface area is 184 Å². The van der Waals surface area contributed by atoms with Crippen LogP contribution in [0.3, 0.4) is 0 Å². The standard InChI is InChI=1S/C22H20FN3O5S/c1-31-15-10-12-16(13-11-15)32(29,30)26(20-9-5-3-7-18(20)23)14-21(27)25-19-8-4-2-6-17(19)22(24)28/h2-13H,14H2,1H3,(H2,24,28)(H,25,27). The normalized spacial score (nSPS) is 10.9. The Hall–Kier alpha value is -3.92. The first kappa shape index (κ1) is 22.8. The summed E-state index contributed by atoms with van der Waals surface area (Å²) in [4.78, 5) is 24.2. The van der Waals surface area contributed by atoms with Crippen LogP contribution in [0.1, 0.15) is 10.4 Å². The SMILES string of the molecule is COc1ccc(S(=O)(=O)N(CC(=O)Nc2ccccc2C(N)=O)c2ccccc2F)cc1. The fourth-order valence-electron chi connectivity index (χ4n) is 2.96. The number of nitrogens with zero attached hydrogens (tertiary/aromatic N) is 1. The van der Waals surface area contributed by atoms with E-state index >= 15 is 0 Å². The van der Waals surface area contributed by atoms with Crippen molar-refractivity contribution >= 4 is 33.2 Å². The summed E-state index contributed by atoms with van der Waals surface area (Å²) in [5.41, 5.74) is 5.17. The Balaban J connectivity index is 1.98. The summed E-state index contributed by atoms with van der Waals surface area (Å²) in [6.07, 6.45) is 0. The number of ether oxygens (including phenoxy) is 1. The topological polar surface area (TPSA) is 119 Å². The second-order valence-electron chi connectivity index (χ2n) is 6.60. The molecule has 0 heterocycles. The Bertz CT molecular complexity index is 1250. The monoisotopic (exact) mass is 457 g/mol. The Morgan fingerprint density at radius 1 is 1.00 bits per heavy atom. The lowest BCUT2D eigenvalue weighted by molar-refractivity contribution is -0.114. The minimum absolute atomic E-state index is 0.0521. The second kappa shape index (κ2) is 9.48. The number of primary amides is 1. The summed E-state index contributed by atoms with van der Waals surface area (Å²) >= 11 is 0. The lowest BCUT2D eigenvalue weighted by Crippen LogP contribution is -2.39. The van der Waals surface area contributed by atoms with Crippen LogP contribution >= 0.6 is 0 Å². The highest BCUT2D eigenvalue weighted by atomic mass is 32.2. The maximum absolute atomic E-state index is 14.5. The van der Waals surface area contributed by atoms with Gasteiger partial charge in [-0.05, 0) is 48.5 Å². The zero-order chi connectivity index (χ0) is 23.3. The van der Waals surface area contributed by atoms with Crippen molar-refractivity contribution in [2.75, 3.05) is 23.3 Å². The molecule has 166 valence electrons. The first-order chi connectivity index (χ1) is 15.2. The van der Waals surface area contributed by atoms with Gasteiger partial charge in [-0.2, -0.15) is 0 Å². The molecule has 0 aliphatic rings. The number of sulfonamides is 1. The van der Waals surface area contributed by atoms with Crippen LogP contribution in [0.4, 0.5) is 15.8 Å². The average Bonchev–Trinajstić information content (AvgIpc) is 2.78. The lowest BCUT2D eigenvalue weighted by Gasteiger charge is -2.24. The van der Waals surface area contributed by atoms with E-state index in [0.29, 0.717) is 10.1 Å². The molecule has 0 radical (unpaired) electrons. The van der Waals surface area contributed by atoms with Gasteiger partial charge >= 0.3 is 0 Å². The average molecular weight is 457 g/mol. The predicted molar refractivity (Wildman–Crippen MR) is 118 cm³/mol. The third-order valence-corrected chi connectivity index (χ3v) is 6.30. The van der Waals surface area contributed by atoms with E-state index in [9.17, 15) is 22.4 Å². The fraction of sp³-hybridized carbons (Fsp3) is 0.0909. The molecule has 0 bridgehead atoms. The molecule has 0 unspecified atom stereocenters. The largest absolute Gasteiger partial charge is 0.497 e. The van der Waals surface area contributed by atoms with Crippen molar-refractivity contribution in [1.82, 2.24) is 0 Å². The van der Waals surface area contributed by atoms with E-state index < -0.39 is 34.2 Å². The predicted octanol–water partition coefficient (Wildman–Crippen LogP) is 2.77. The number of nitrogens with one attached hydrogen (secondary N) is 1. The molecule has 0 atom stereocenters. The van der Waals surface area contributed by atoms with E-state index in [-0.39, 0.29) is 21.8 Å². The molecule has 3 rings (SSSR count). The number of amides is 2. The van der Waals surface area contributed by atoms with Gasteiger partial charge in [0, 0.05) is 0 Å². The summed E-state index contributed by atoms with van der Waals surface area (Å²) in [6.45, 7) is -0.748. The van der Waals surface area contributed by atoms with Crippen LogP contribution in [-0.2, 0) is 14.8 Å². The molecule has 3 aromatic carbocycles. The summed E-state index contributed by atoms with van der Waals surface area (Å²) in [7, 11) is -2.90. The highest BCUT2D eigenvalue weighted by Gasteiger charge is 2.29. The molecule has 0 aromatic heterocycles. The molecule has 8 nitrogen and oxygen atoms in total. The molecule has 3 N–H and O–H groups in total. The number of halogens is 1. The van der Waals surface area contributed by atoms with E-state index in [2.05, 4.69) is 5.32 Å². The zero-order valence-corrected chi connectivity index (χ0v) is 17.8. The number of para-hydroxylation sites is 2. The third-order valence-electron chi connectivity index (χ3n) is 4.52. The van der Waals surface area contributed by atoms with Gasteiger partial charge in [-0.25, -0.2) is 12.8 Å². The zero-order valence-electron chi connectivity index (χ0n) is 17.0. The van der Waals surface area contributed by atoms with Gasteiger partial charge in [-0.1, -0.05) is 24.3 Å². The molecule has 10 heteroatoms. The smallest absolute Gasteiger partial charge is 0.264 e. The highest BCUT2D eigenvalue weighted by molar-refractivity contribution is 7.92. The van der Waals surface area contributed by atoms with Gasteiger partial charge in [-0.15, -0.1) is 0 Å². The van der Waals surface area contributed by atoms with Crippen molar-refractivity contribution in [1.29, 1.82) is 0 Å². The molecule has 32 heavy (non-hydrogen) atoms. The molecule has 3 aromatic rings. The van der Waals surface area contributed by atoms with Crippen LogP contribution in [0, 0.1) is 5.82 Å². The van der Waals surface area contributed by atoms with Crippen LogP contribution in [0.25, 0.3) is 0 Å². The summed E-state index contributed by atoms with van der Waals surface area (Å²) in [5, 5.41) is 2.47. The van der Waals surface area contributed by atoms with Gasteiger partial charge in [-0.3, -0.25) is 13.9 Å². The van der Waals surface area contributed by atoms with Gasteiger partial charge in [0.2, 0.25) is 5.91 Å². The van der Waals surface area contributed by atoms with E-state index in [1.165, 1.54) is 61.7 Å². The van der Waals surface area contributed by atoms with Gasteiger partial charge in [0.1, 0.15) is 18.1 Å². The number of benzene rings is 3. The molecule has 2 amide bonds. The molecule has 0 aliphatic heterocycles. The number of anilines is 2. The van der Waals surface area contributed by atoms with Crippen molar-refractivity contribution < 1.29 is 27.1 Å². The Kier molecular flexibility index (Phi) is 6.74. The maximum atomic E-state index is 14.5. The maximum Gasteiger partial charge on any atom is 0.264 e. The molecule has 0 saturated carbocycles. The van der Waals surface area contributed by atoms with Crippen molar-refractivity contribution in [3.8, 4) is 5.75 Å². The fourth-order valence-corrected chi connectivity index (χ4v) is 4.38. The van der Waals surface area contributed by atoms with Crippen LogP contribution in [0.5, 0.6) is 5.75 Å². The highest BCUT2D eigenvalue weighted by Crippen LogP contribution is 2.27. The van der Waals surface area contributed by atoms with Crippen LogP contribution in [-0.4, -0.2) is 33.9 Å². The van der Waals surface area contributed by atoms with Gasteiger partial charge in [0.05, 0.1) is 28.9 Å². The number of methoxy groups -OCH3 is 1. The summed E-state index contributed by atoms with van der Waals surface area (Å²) in [5.74, 6) is -1.95. The first-order valence-electron chi connectivity index (χ1n) is 9.34. The molecule has 0 spiro atoms. The van der Waals surface area contributed by atoms with Gasteiger partial charge in [0.15, 0.2) is 0 Å². The summed E-state index contributed by atoms with van der Waals surface area (Å²) < 4.78 is 46.9. The molecular weight excluding hydrogens is 437 g/mol. The quantitative estimate of drug-likeness (QED) is 0.539. The number of hydrogen-bond acceptors (Lipinski definition) is 5. The molecule has 0 fully saturated rings. The minimum Gasteiger partial charge on any atom is -0.497 e.